The van der Waals surface area contributed by atoms with Gasteiger partial charge in [0.25, 0.3) is 5.91 Å². The van der Waals surface area contributed by atoms with Gasteiger partial charge in [-0.25, -0.2) is 0 Å². The summed E-state index contributed by atoms with van der Waals surface area (Å²) in [5, 5.41) is 6.93. The summed E-state index contributed by atoms with van der Waals surface area (Å²) in [6, 6.07) is 7.97. The molecule has 2 atom stereocenters. The summed E-state index contributed by atoms with van der Waals surface area (Å²) in [6.07, 6.45) is 8.35. The van der Waals surface area contributed by atoms with E-state index in [-0.39, 0.29) is 5.91 Å². The monoisotopic (exact) mass is 350 g/mol. The molecule has 2 aliphatic rings. The molecule has 0 unspecified atom stereocenters. The Balaban J connectivity index is 1.34. The highest BCUT2D eigenvalue weighted by Gasteiger charge is 2.33. The first-order valence-electron chi connectivity index (χ1n) is 9.34. The highest BCUT2D eigenvalue weighted by atomic mass is 16.1. The first kappa shape index (κ1) is 17.0. The molecule has 1 aromatic carbocycles. The Bertz CT molecular complexity index is 821. The van der Waals surface area contributed by atoms with Gasteiger partial charge in [-0.15, -0.1) is 0 Å². The van der Waals surface area contributed by atoms with Crippen molar-refractivity contribution in [1.29, 1.82) is 0 Å². The van der Waals surface area contributed by atoms with Gasteiger partial charge in [0.05, 0.1) is 11.9 Å². The third kappa shape index (κ3) is 3.73. The van der Waals surface area contributed by atoms with E-state index in [9.17, 15) is 4.79 Å². The molecule has 1 amide bonds. The average molecular weight is 350 g/mol. The lowest BCUT2D eigenvalue weighted by Gasteiger charge is -2.22. The number of hydrogen-bond donors (Lipinski definition) is 1. The Hall–Kier alpha value is -2.40. The van der Waals surface area contributed by atoms with E-state index in [1.807, 2.05) is 19.2 Å². The zero-order chi connectivity index (χ0) is 18.1. The summed E-state index contributed by atoms with van der Waals surface area (Å²) < 4.78 is 1.67. The number of rotatable bonds is 4. The lowest BCUT2D eigenvalue weighted by molar-refractivity contribution is 0.102. The molecule has 2 aromatic rings. The standard InChI is InChI=1S/C21H26N4O/c1-15-3-6-18-12-25(13-19(18)9-15)11-16-4-7-17(8-5-16)21(26)23-20-10-22-24(2)14-20/h3-5,7-8,10,14,18-19H,6,9,11-13H2,1-2H3,(H,23,26)/t18-,19+/m1/s1. The van der Waals surface area contributed by atoms with Gasteiger partial charge in [-0.1, -0.05) is 23.8 Å². The fraction of sp³-hybridized carbons (Fsp3) is 0.429. The number of fused-ring (bicyclic) bond motifs is 1. The van der Waals surface area contributed by atoms with Gasteiger partial charge in [-0.2, -0.15) is 5.10 Å². The Kier molecular flexibility index (Phi) is 4.64. The molecule has 136 valence electrons. The van der Waals surface area contributed by atoms with Crippen LogP contribution in [0.1, 0.15) is 35.7 Å². The molecule has 0 radical (unpaired) electrons. The molecule has 5 nitrogen and oxygen atoms in total. The number of carbonyl (C=O) groups excluding carboxylic acids is 1. The zero-order valence-corrected chi connectivity index (χ0v) is 15.5. The number of carbonyl (C=O) groups is 1. The number of amides is 1. The van der Waals surface area contributed by atoms with Crippen LogP contribution >= 0.6 is 0 Å². The molecule has 0 saturated carbocycles. The maximum atomic E-state index is 12.3. The van der Waals surface area contributed by atoms with Crippen LogP contribution in [0.5, 0.6) is 0 Å². The smallest absolute Gasteiger partial charge is 0.255 e. The molecule has 0 bridgehead atoms. The molecule has 1 aliphatic carbocycles. The van der Waals surface area contributed by atoms with E-state index in [2.05, 4.69) is 40.4 Å². The van der Waals surface area contributed by atoms with Crippen LogP contribution in [-0.4, -0.2) is 33.7 Å². The van der Waals surface area contributed by atoms with Crippen LogP contribution in [0.2, 0.25) is 0 Å². The molecule has 1 aromatic heterocycles. The van der Waals surface area contributed by atoms with Crippen molar-refractivity contribution in [2.24, 2.45) is 18.9 Å². The largest absolute Gasteiger partial charge is 0.319 e. The molecule has 1 fully saturated rings. The van der Waals surface area contributed by atoms with Crippen molar-refractivity contribution in [2.75, 3.05) is 18.4 Å². The van der Waals surface area contributed by atoms with E-state index in [0.717, 1.165) is 18.4 Å². The minimum atomic E-state index is -0.0988. The summed E-state index contributed by atoms with van der Waals surface area (Å²) in [6.45, 7) is 5.61. The van der Waals surface area contributed by atoms with Gasteiger partial charge in [-0.05, 0) is 49.3 Å². The van der Waals surface area contributed by atoms with Gasteiger partial charge in [0.15, 0.2) is 0 Å². The van der Waals surface area contributed by atoms with Crippen LogP contribution in [0.25, 0.3) is 0 Å². The lowest BCUT2D eigenvalue weighted by Crippen LogP contribution is -2.20. The van der Waals surface area contributed by atoms with E-state index >= 15 is 0 Å². The van der Waals surface area contributed by atoms with Crippen LogP contribution in [0, 0.1) is 11.8 Å². The van der Waals surface area contributed by atoms with Crippen molar-refractivity contribution in [1.82, 2.24) is 14.7 Å². The van der Waals surface area contributed by atoms with Gasteiger partial charge in [0, 0.05) is 38.4 Å². The van der Waals surface area contributed by atoms with Crippen molar-refractivity contribution in [3.8, 4) is 0 Å². The molecule has 0 spiro atoms. The molecule has 2 heterocycles. The van der Waals surface area contributed by atoms with E-state index < -0.39 is 0 Å². The van der Waals surface area contributed by atoms with Crippen molar-refractivity contribution in [2.45, 2.75) is 26.3 Å². The second-order valence-corrected chi connectivity index (χ2v) is 7.76. The fourth-order valence-electron chi connectivity index (χ4n) is 4.22. The number of nitrogens with zero attached hydrogens (tertiary/aromatic N) is 3. The Morgan fingerprint density at radius 3 is 2.73 bits per heavy atom. The third-order valence-corrected chi connectivity index (χ3v) is 5.59. The quantitative estimate of drug-likeness (QED) is 0.859. The molecule has 26 heavy (non-hydrogen) atoms. The number of benzene rings is 1. The second kappa shape index (κ2) is 7.08. The molecule has 1 saturated heterocycles. The third-order valence-electron chi connectivity index (χ3n) is 5.59. The van der Waals surface area contributed by atoms with Crippen LogP contribution in [-0.2, 0) is 13.6 Å². The SMILES string of the molecule is CC1=CC[C@@H]2CN(Cc3ccc(C(=O)Nc4cnn(C)c4)cc3)C[C@@H]2C1. The van der Waals surface area contributed by atoms with Crippen molar-refractivity contribution in [3.63, 3.8) is 0 Å². The summed E-state index contributed by atoms with van der Waals surface area (Å²) in [7, 11) is 1.83. The van der Waals surface area contributed by atoms with Gasteiger partial charge in [-0.3, -0.25) is 14.4 Å². The second-order valence-electron chi connectivity index (χ2n) is 7.76. The number of aromatic nitrogens is 2. The van der Waals surface area contributed by atoms with Crippen LogP contribution < -0.4 is 5.32 Å². The summed E-state index contributed by atoms with van der Waals surface area (Å²) >= 11 is 0. The highest BCUT2D eigenvalue weighted by molar-refractivity contribution is 6.04. The maximum Gasteiger partial charge on any atom is 0.255 e. The normalized spacial score (nSPS) is 22.8. The minimum Gasteiger partial charge on any atom is -0.319 e. The number of allylic oxidation sites excluding steroid dienone is 2. The van der Waals surface area contributed by atoms with Crippen LogP contribution in [0.15, 0.2) is 48.3 Å². The van der Waals surface area contributed by atoms with Crippen LogP contribution in [0.4, 0.5) is 5.69 Å². The summed E-state index contributed by atoms with van der Waals surface area (Å²) in [4.78, 5) is 14.9. The van der Waals surface area contributed by atoms with Crippen LogP contribution in [0.3, 0.4) is 0 Å². The van der Waals surface area contributed by atoms with Gasteiger partial charge < -0.3 is 5.32 Å². The van der Waals surface area contributed by atoms with E-state index in [0.29, 0.717) is 11.3 Å². The van der Waals surface area contributed by atoms with E-state index in [1.54, 1.807) is 22.6 Å². The predicted molar refractivity (Wildman–Crippen MR) is 103 cm³/mol. The van der Waals surface area contributed by atoms with Gasteiger partial charge in [0.1, 0.15) is 0 Å². The molecule has 4 rings (SSSR count). The van der Waals surface area contributed by atoms with Gasteiger partial charge >= 0.3 is 0 Å². The number of nitrogens with one attached hydrogen (secondary N) is 1. The Labute approximate surface area is 154 Å². The van der Waals surface area contributed by atoms with Crippen molar-refractivity contribution in [3.05, 3.63) is 59.4 Å². The van der Waals surface area contributed by atoms with E-state index in [1.165, 1.54) is 31.5 Å². The topological polar surface area (TPSA) is 50.2 Å². The molecule has 5 heteroatoms. The Morgan fingerprint density at radius 1 is 1.23 bits per heavy atom. The Morgan fingerprint density at radius 2 is 2.00 bits per heavy atom. The first-order chi connectivity index (χ1) is 12.6. The summed E-state index contributed by atoms with van der Waals surface area (Å²) in [5.41, 5.74) is 4.21. The molecular formula is C21H26N4O. The van der Waals surface area contributed by atoms with Crippen molar-refractivity contribution >= 4 is 11.6 Å². The zero-order valence-electron chi connectivity index (χ0n) is 15.5. The van der Waals surface area contributed by atoms with Crippen molar-refractivity contribution < 1.29 is 4.79 Å². The molecule has 1 N–H and O–H groups in total. The summed E-state index contributed by atoms with van der Waals surface area (Å²) in [5.74, 6) is 1.55. The molecular weight excluding hydrogens is 324 g/mol. The minimum absolute atomic E-state index is 0.0988. The number of likely N-dealkylation sites (tertiary alicyclic amines) is 1. The fourth-order valence-corrected chi connectivity index (χ4v) is 4.22. The number of hydrogen-bond acceptors (Lipinski definition) is 3. The molecule has 1 aliphatic heterocycles. The first-order valence-corrected chi connectivity index (χ1v) is 9.34. The highest BCUT2D eigenvalue weighted by Crippen LogP contribution is 2.36. The maximum absolute atomic E-state index is 12.3. The van der Waals surface area contributed by atoms with Gasteiger partial charge in [0.2, 0.25) is 0 Å². The number of anilines is 1. The number of aryl methyl sites for hydroxylation is 1. The predicted octanol–water partition coefficient (Wildman–Crippen LogP) is 3.46. The lowest BCUT2D eigenvalue weighted by atomic mass is 9.83. The average Bonchev–Trinajstić information content (AvgIpc) is 3.20. The van der Waals surface area contributed by atoms with E-state index in [4.69, 9.17) is 0 Å².